The van der Waals surface area contributed by atoms with E-state index in [0.29, 0.717) is 11.5 Å². The maximum absolute atomic E-state index is 11.8. The van der Waals surface area contributed by atoms with Crippen LogP contribution in [0.15, 0.2) is 64.0 Å². The Kier molecular flexibility index (Phi) is 4.28. The fourth-order valence-corrected chi connectivity index (χ4v) is 3.23. The third-order valence-electron chi connectivity index (χ3n) is 3.53. The van der Waals surface area contributed by atoms with Crippen molar-refractivity contribution in [2.45, 2.75) is 11.8 Å². The molecule has 128 valence electrons. The van der Waals surface area contributed by atoms with Gasteiger partial charge in [-0.15, -0.1) is 0 Å². The van der Waals surface area contributed by atoms with Crippen LogP contribution < -0.4 is 5.73 Å². The first kappa shape index (κ1) is 16.7. The van der Waals surface area contributed by atoms with Crippen LogP contribution in [-0.4, -0.2) is 19.7 Å². The molecule has 0 aliphatic heterocycles. The smallest absolute Gasteiger partial charge is 0.360 e. The van der Waals surface area contributed by atoms with Gasteiger partial charge < -0.3 is 14.4 Å². The lowest BCUT2D eigenvalue weighted by Gasteiger charge is -2.06. The van der Waals surface area contributed by atoms with E-state index in [1.165, 1.54) is 12.1 Å². The molecule has 8 heteroatoms. The fourth-order valence-electron chi connectivity index (χ4n) is 2.45. The van der Waals surface area contributed by atoms with Crippen molar-refractivity contribution in [3.8, 4) is 22.4 Å². The van der Waals surface area contributed by atoms with Crippen LogP contribution in [0.5, 0.6) is 0 Å². The Labute approximate surface area is 144 Å². The van der Waals surface area contributed by atoms with Gasteiger partial charge in [0.25, 0.3) is 0 Å². The SMILES string of the molecule is Cc1onc(-c2ccccc2)c1-c1ccc(S(=O)(=O)OC(N)=O)cc1. The number of aryl methyl sites for hydroxylation is 1. The van der Waals surface area contributed by atoms with Crippen molar-refractivity contribution in [2.24, 2.45) is 5.73 Å². The molecule has 0 unspecified atom stereocenters. The quantitative estimate of drug-likeness (QED) is 0.717. The molecule has 3 aromatic rings. The molecule has 0 saturated carbocycles. The summed E-state index contributed by atoms with van der Waals surface area (Å²) in [6.45, 7) is 1.77. The highest BCUT2D eigenvalue weighted by atomic mass is 32.2. The van der Waals surface area contributed by atoms with Crippen molar-refractivity contribution in [3.63, 3.8) is 0 Å². The monoisotopic (exact) mass is 358 g/mol. The van der Waals surface area contributed by atoms with Gasteiger partial charge in [-0.05, 0) is 24.6 Å². The summed E-state index contributed by atoms with van der Waals surface area (Å²) in [5, 5.41) is 4.09. The molecule has 3 rings (SSSR count). The second-order valence-corrected chi connectivity index (χ2v) is 6.76. The predicted octanol–water partition coefficient (Wildman–Crippen LogP) is 3.10. The standard InChI is InChI=1S/C17H14N2O5S/c1-11-15(16(19-23-11)13-5-3-2-4-6-13)12-7-9-14(10-8-12)25(21,22)24-17(18)20/h2-10H,1H3,(H2,18,20). The van der Waals surface area contributed by atoms with Gasteiger partial charge in [-0.25, -0.2) is 4.79 Å². The second kappa shape index (κ2) is 6.40. The minimum atomic E-state index is -4.23. The lowest BCUT2D eigenvalue weighted by molar-refractivity contribution is 0.212. The van der Waals surface area contributed by atoms with Crippen molar-refractivity contribution in [3.05, 3.63) is 60.4 Å². The molecule has 0 saturated heterocycles. The number of hydrogen-bond acceptors (Lipinski definition) is 6. The average molecular weight is 358 g/mol. The minimum absolute atomic E-state index is 0.176. The lowest BCUT2D eigenvalue weighted by Crippen LogP contribution is -2.18. The van der Waals surface area contributed by atoms with Crippen LogP contribution >= 0.6 is 0 Å². The highest BCUT2D eigenvalue weighted by molar-refractivity contribution is 7.87. The first-order valence-corrected chi connectivity index (χ1v) is 8.65. The molecule has 0 atom stereocenters. The highest BCUT2D eigenvalue weighted by Crippen LogP contribution is 2.34. The third-order valence-corrected chi connectivity index (χ3v) is 4.77. The van der Waals surface area contributed by atoms with Gasteiger partial charge in [0, 0.05) is 5.56 Å². The Morgan fingerprint density at radius 2 is 1.68 bits per heavy atom. The van der Waals surface area contributed by atoms with Crippen LogP contribution in [0, 0.1) is 6.92 Å². The summed E-state index contributed by atoms with van der Waals surface area (Å²) < 4.78 is 33.1. The van der Waals surface area contributed by atoms with Gasteiger partial charge in [-0.3, -0.25) is 0 Å². The maximum Gasteiger partial charge on any atom is 0.420 e. The molecule has 0 bridgehead atoms. The van der Waals surface area contributed by atoms with E-state index in [9.17, 15) is 13.2 Å². The number of rotatable bonds is 4. The van der Waals surface area contributed by atoms with E-state index in [2.05, 4.69) is 9.34 Å². The van der Waals surface area contributed by atoms with E-state index in [-0.39, 0.29) is 4.90 Å². The summed E-state index contributed by atoms with van der Waals surface area (Å²) in [6.07, 6.45) is -1.38. The van der Waals surface area contributed by atoms with E-state index < -0.39 is 16.2 Å². The first-order chi connectivity index (χ1) is 11.9. The van der Waals surface area contributed by atoms with Gasteiger partial charge >= 0.3 is 16.2 Å². The van der Waals surface area contributed by atoms with Crippen molar-refractivity contribution in [2.75, 3.05) is 0 Å². The van der Waals surface area contributed by atoms with Gasteiger partial charge in [0.2, 0.25) is 0 Å². The van der Waals surface area contributed by atoms with Crippen LogP contribution in [0.25, 0.3) is 22.4 Å². The normalized spacial score (nSPS) is 11.2. The summed E-state index contributed by atoms with van der Waals surface area (Å²) in [7, 11) is -4.23. The van der Waals surface area contributed by atoms with E-state index >= 15 is 0 Å². The zero-order valence-corrected chi connectivity index (χ0v) is 14.0. The number of carbonyl (C=O) groups is 1. The Balaban J connectivity index is 2.02. The van der Waals surface area contributed by atoms with Crippen LogP contribution in [0.1, 0.15) is 5.76 Å². The average Bonchev–Trinajstić information content (AvgIpc) is 2.96. The van der Waals surface area contributed by atoms with Crippen molar-refractivity contribution >= 4 is 16.2 Å². The van der Waals surface area contributed by atoms with Crippen LogP contribution in [0.2, 0.25) is 0 Å². The Bertz CT molecular complexity index is 1010. The Morgan fingerprint density at radius 3 is 2.28 bits per heavy atom. The second-order valence-electron chi connectivity index (χ2n) is 5.21. The van der Waals surface area contributed by atoms with Crippen LogP contribution in [-0.2, 0) is 14.3 Å². The molecule has 0 aliphatic carbocycles. The zero-order valence-electron chi connectivity index (χ0n) is 13.2. The van der Waals surface area contributed by atoms with E-state index in [1.54, 1.807) is 19.1 Å². The zero-order chi connectivity index (χ0) is 18.0. The summed E-state index contributed by atoms with van der Waals surface area (Å²) in [5.74, 6) is 0.600. The topological polar surface area (TPSA) is 112 Å². The van der Waals surface area contributed by atoms with Gasteiger partial charge in [0.15, 0.2) is 0 Å². The third kappa shape index (κ3) is 3.38. The molecule has 25 heavy (non-hydrogen) atoms. The van der Waals surface area contributed by atoms with Crippen molar-refractivity contribution in [1.29, 1.82) is 0 Å². The summed E-state index contributed by atoms with van der Waals surface area (Å²) in [6, 6.07) is 15.3. The van der Waals surface area contributed by atoms with Crippen LogP contribution in [0.4, 0.5) is 4.79 Å². The lowest BCUT2D eigenvalue weighted by atomic mass is 10.00. The number of hydrogen-bond donors (Lipinski definition) is 1. The molecule has 7 nitrogen and oxygen atoms in total. The van der Waals surface area contributed by atoms with Crippen molar-refractivity contribution < 1.29 is 21.9 Å². The maximum atomic E-state index is 11.8. The number of carbonyl (C=O) groups excluding carboxylic acids is 1. The number of amides is 1. The number of nitrogens with two attached hydrogens (primary N) is 1. The minimum Gasteiger partial charge on any atom is -0.360 e. The molecular weight excluding hydrogens is 344 g/mol. The number of primary amides is 1. The van der Waals surface area contributed by atoms with E-state index in [0.717, 1.165) is 16.7 Å². The molecule has 1 heterocycles. The highest BCUT2D eigenvalue weighted by Gasteiger charge is 2.20. The van der Waals surface area contributed by atoms with Gasteiger partial charge in [-0.2, -0.15) is 8.42 Å². The summed E-state index contributed by atoms with van der Waals surface area (Å²) >= 11 is 0. The molecule has 0 fully saturated rings. The first-order valence-electron chi connectivity index (χ1n) is 7.24. The van der Waals surface area contributed by atoms with Gasteiger partial charge in [-0.1, -0.05) is 47.6 Å². The molecule has 0 spiro atoms. The number of nitrogens with zero attached hydrogens (tertiary/aromatic N) is 1. The molecule has 2 aromatic carbocycles. The van der Waals surface area contributed by atoms with Crippen molar-refractivity contribution in [1.82, 2.24) is 5.16 Å². The van der Waals surface area contributed by atoms with Crippen LogP contribution in [0.3, 0.4) is 0 Å². The van der Waals surface area contributed by atoms with E-state index in [1.807, 2.05) is 30.3 Å². The summed E-state index contributed by atoms with van der Waals surface area (Å²) in [5.41, 5.74) is 7.77. The fraction of sp³-hybridized carbons (Fsp3) is 0.0588. The predicted molar refractivity (Wildman–Crippen MR) is 90.0 cm³/mol. The Hall–Kier alpha value is -3.13. The molecular formula is C17H14N2O5S. The molecule has 1 amide bonds. The molecule has 0 radical (unpaired) electrons. The number of aromatic nitrogens is 1. The largest absolute Gasteiger partial charge is 0.420 e. The molecule has 0 aliphatic rings. The van der Waals surface area contributed by atoms with E-state index in [4.69, 9.17) is 10.3 Å². The number of benzene rings is 2. The Morgan fingerprint density at radius 1 is 1.04 bits per heavy atom. The molecule has 1 aromatic heterocycles. The molecule has 2 N–H and O–H groups in total. The van der Waals surface area contributed by atoms with Gasteiger partial charge in [0.1, 0.15) is 16.3 Å². The van der Waals surface area contributed by atoms with Gasteiger partial charge in [0.05, 0.1) is 5.56 Å². The summed E-state index contributed by atoms with van der Waals surface area (Å²) in [4.78, 5) is 10.5.